The predicted molar refractivity (Wildman–Crippen MR) is 76.9 cm³/mol. The van der Waals surface area contributed by atoms with Gasteiger partial charge in [0.1, 0.15) is 6.10 Å². The molecule has 116 valence electrons. The molecule has 4 aliphatic rings. The van der Waals surface area contributed by atoms with Crippen LogP contribution in [-0.4, -0.2) is 38.6 Å². The maximum atomic E-state index is 12.2. The second kappa shape index (κ2) is 4.18. The van der Waals surface area contributed by atoms with Crippen molar-refractivity contribution in [3.05, 3.63) is 35.1 Å². The molecule has 0 aromatic heterocycles. The van der Waals surface area contributed by atoms with Crippen molar-refractivity contribution < 1.29 is 24.9 Å². The van der Waals surface area contributed by atoms with Crippen LogP contribution in [0.1, 0.15) is 32.1 Å². The van der Waals surface area contributed by atoms with Gasteiger partial charge >= 0.3 is 0 Å². The van der Waals surface area contributed by atoms with Crippen LogP contribution in [0.4, 0.5) is 0 Å². The maximum Gasteiger partial charge on any atom is 0.220 e. The molecular formula is C17H18O5. The SMILES string of the molecule is O=C1C=CC2=C[C@H]3CCC[C@]4(C2=C1O)C(O)C(=O)CCC34O. The van der Waals surface area contributed by atoms with E-state index in [1.54, 1.807) is 6.08 Å². The summed E-state index contributed by atoms with van der Waals surface area (Å²) in [5, 5.41) is 32.4. The topological polar surface area (TPSA) is 94.8 Å². The van der Waals surface area contributed by atoms with E-state index in [-0.39, 0.29) is 30.1 Å². The minimum Gasteiger partial charge on any atom is -0.504 e. The van der Waals surface area contributed by atoms with Gasteiger partial charge in [-0.3, -0.25) is 9.59 Å². The summed E-state index contributed by atoms with van der Waals surface area (Å²) in [5.74, 6) is -1.48. The zero-order chi connectivity index (χ0) is 15.7. The van der Waals surface area contributed by atoms with Gasteiger partial charge in [0.05, 0.1) is 11.0 Å². The number of aliphatic hydroxyl groups is 3. The molecule has 0 spiro atoms. The van der Waals surface area contributed by atoms with Gasteiger partial charge in [-0.15, -0.1) is 0 Å². The Morgan fingerprint density at radius 2 is 1.95 bits per heavy atom. The number of hydrogen-bond donors (Lipinski definition) is 3. The lowest BCUT2D eigenvalue weighted by Gasteiger charge is -2.61. The number of carbonyl (C=O) groups is 2. The Kier molecular flexibility index (Phi) is 2.64. The van der Waals surface area contributed by atoms with Gasteiger partial charge in [-0.2, -0.15) is 0 Å². The zero-order valence-corrected chi connectivity index (χ0v) is 12.1. The Labute approximate surface area is 127 Å². The number of allylic oxidation sites excluding steroid dienone is 3. The molecule has 0 radical (unpaired) electrons. The van der Waals surface area contributed by atoms with Crippen LogP contribution in [0.3, 0.4) is 0 Å². The molecule has 2 unspecified atom stereocenters. The van der Waals surface area contributed by atoms with E-state index in [0.717, 1.165) is 12.8 Å². The van der Waals surface area contributed by atoms with Crippen molar-refractivity contribution in [3.8, 4) is 0 Å². The minimum absolute atomic E-state index is 0.122. The van der Waals surface area contributed by atoms with Crippen molar-refractivity contribution in [2.45, 2.75) is 43.8 Å². The Morgan fingerprint density at radius 3 is 2.73 bits per heavy atom. The maximum absolute atomic E-state index is 12.2. The molecule has 2 bridgehead atoms. The molecule has 2 fully saturated rings. The first-order chi connectivity index (χ1) is 10.4. The summed E-state index contributed by atoms with van der Waals surface area (Å²) < 4.78 is 0. The Balaban J connectivity index is 2.06. The van der Waals surface area contributed by atoms with Crippen LogP contribution in [0.2, 0.25) is 0 Å². The molecule has 5 nitrogen and oxygen atoms in total. The molecule has 4 aliphatic carbocycles. The van der Waals surface area contributed by atoms with E-state index in [0.29, 0.717) is 12.0 Å². The summed E-state index contributed by atoms with van der Waals surface area (Å²) in [6.07, 6.45) is 5.69. The van der Waals surface area contributed by atoms with Gasteiger partial charge in [0.15, 0.2) is 11.5 Å². The number of carbonyl (C=O) groups excluding carboxylic acids is 2. The lowest BCUT2D eigenvalue weighted by molar-refractivity contribution is -0.198. The Morgan fingerprint density at radius 1 is 1.18 bits per heavy atom. The van der Waals surface area contributed by atoms with Crippen molar-refractivity contribution in [2.75, 3.05) is 0 Å². The fourth-order valence-electron chi connectivity index (χ4n) is 5.01. The number of hydrogen-bond acceptors (Lipinski definition) is 5. The first kappa shape index (κ1) is 13.9. The monoisotopic (exact) mass is 302 g/mol. The van der Waals surface area contributed by atoms with Crippen LogP contribution in [0.5, 0.6) is 0 Å². The normalized spacial score (nSPS) is 43.6. The molecule has 0 aromatic carbocycles. The lowest BCUT2D eigenvalue weighted by Crippen LogP contribution is -2.68. The molecule has 0 amide bonds. The third kappa shape index (κ3) is 1.36. The van der Waals surface area contributed by atoms with Crippen LogP contribution in [0.15, 0.2) is 35.1 Å². The van der Waals surface area contributed by atoms with E-state index in [4.69, 9.17) is 0 Å². The molecule has 3 N–H and O–H groups in total. The highest BCUT2D eigenvalue weighted by Gasteiger charge is 2.68. The molecule has 5 heteroatoms. The van der Waals surface area contributed by atoms with Crippen molar-refractivity contribution >= 4 is 11.6 Å². The van der Waals surface area contributed by atoms with E-state index < -0.39 is 28.7 Å². The van der Waals surface area contributed by atoms with Gasteiger partial charge in [-0.25, -0.2) is 0 Å². The summed E-state index contributed by atoms with van der Waals surface area (Å²) in [4.78, 5) is 24.1. The standard InChI is InChI=1S/C17H18O5/c18-11-4-3-9-8-10-2-1-6-16(13(9)14(11)20)15(21)12(19)5-7-17(10,16)22/h3-4,8,10,15,20-22H,1-2,5-7H2/t10-,15?,16+,17?/m1/s1. The van der Waals surface area contributed by atoms with E-state index in [2.05, 4.69) is 0 Å². The molecule has 22 heavy (non-hydrogen) atoms. The van der Waals surface area contributed by atoms with Gasteiger partial charge in [-0.1, -0.05) is 18.6 Å². The summed E-state index contributed by atoms with van der Waals surface area (Å²) >= 11 is 0. The molecule has 2 saturated carbocycles. The molecule has 0 aliphatic heterocycles. The second-order valence-electron chi connectivity index (χ2n) is 6.81. The number of fused-ring (bicyclic) bond motifs is 1. The number of rotatable bonds is 0. The summed E-state index contributed by atoms with van der Waals surface area (Å²) in [6.45, 7) is 0. The van der Waals surface area contributed by atoms with Crippen LogP contribution in [-0.2, 0) is 9.59 Å². The fourth-order valence-corrected chi connectivity index (χ4v) is 5.01. The molecular weight excluding hydrogens is 284 g/mol. The Hall–Kier alpha value is -1.72. The summed E-state index contributed by atoms with van der Waals surface area (Å²) in [5.41, 5.74) is -1.63. The van der Waals surface area contributed by atoms with Crippen molar-refractivity contribution in [2.24, 2.45) is 11.3 Å². The molecule has 0 aromatic rings. The molecule has 4 atom stereocenters. The lowest BCUT2D eigenvalue weighted by atomic mass is 9.45. The summed E-state index contributed by atoms with van der Waals surface area (Å²) in [6, 6.07) is 0. The van der Waals surface area contributed by atoms with E-state index >= 15 is 0 Å². The van der Waals surface area contributed by atoms with E-state index in [9.17, 15) is 24.9 Å². The Bertz CT molecular complexity index is 685. The molecule has 4 rings (SSSR count). The van der Waals surface area contributed by atoms with Crippen LogP contribution in [0.25, 0.3) is 0 Å². The van der Waals surface area contributed by atoms with Crippen molar-refractivity contribution in [3.63, 3.8) is 0 Å². The fraction of sp³-hybridized carbons (Fsp3) is 0.529. The van der Waals surface area contributed by atoms with Gasteiger partial charge in [0, 0.05) is 17.9 Å². The number of ketones is 2. The van der Waals surface area contributed by atoms with Crippen molar-refractivity contribution in [1.29, 1.82) is 0 Å². The molecule has 0 saturated heterocycles. The number of Topliss-reactive ketones (excluding diaryl/α,β-unsaturated/α-hetero) is 1. The highest BCUT2D eigenvalue weighted by atomic mass is 16.3. The van der Waals surface area contributed by atoms with Gasteiger partial charge in [-0.05, 0) is 30.9 Å². The average molecular weight is 302 g/mol. The van der Waals surface area contributed by atoms with Crippen LogP contribution in [0, 0.1) is 11.3 Å². The third-order valence-corrected chi connectivity index (χ3v) is 6.00. The average Bonchev–Trinajstić information content (AvgIpc) is 2.47. The van der Waals surface area contributed by atoms with Gasteiger partial charge in [0.25, 0.3) is 0 Å². The highest BCUT2D eigenvalue weighted by Crippen LogP contribution is 2.64. The zero-order valence-electron chi connectivity index (χ0n) is 12.1. The minimum atomic E-state index is -1.38. The van der Waals surface area contributed by atoms with Gasteiger partial charge in [0.2, 0.25) is 5.78 Å². The van der Waals surface area contributed by atoms with Crippen LogP contribution >= 0.6 is 0 Å². The first-order valence-electron chi connectivity index (χ1n) is 7.73. The summed E-state index contributed by atoms with van der Waals surface area (Å²) in [7, 11) is 0. The van der Waals surface area contributed by atoms with Crippen LogP contribution < -0.4 is 0 Å². The second-order valence-corrected chi connectivity index (χ2v) is 6.81. The quantitative estimate of drug-likeness (QED) is 0.623. The smallest absolute Gasteiger partial charge is 0.220 e. The molecule has 0 heterocycles. The largest absolute Gasteiger partial charge is 0.504 e. The highest BCUT2D eigenvalue weighted by molar-refractivity contribution is 6.06. The predicted octanol–water partition coefficient (Wildman–Crippen LogP) is 1.12. The van der Waals surface area contributed by atoms with Crippen molar-refractivity contribution in [1.82, 2.24) is 0 Å². The first-order valence-corrected chi connectivity index (χ1v) is 7.73. The third-order valence-electron chi connectivity index (χ3n) is 6.00. The number of aliphatic hydroxyl groups excluding tert-OH is 2. The van der Waals surface area contributed by atoms with E-state index in [1.165, 1.54) is 6.08 Å². The van der Waals surface area contributed by atoms with Gasteiger partial charge < -0.3 is 15.3 Å². The van der Waals surface area contributed by atoms with E-state index in [1.807, 2.05) is 6.08 Å².